The summed E-state index contributed by atoms with van der Waals surface area (Å²) < 4.78 is 10.9. The van der Waals surface area contributed by atoms with Crippen LogP contribution >= 0.6 is 0 Å². The van der Waals surface area contributed by atoms with Gasteiger partial charge in [0.1, 0.15) is 29.4 Å². The van der Waals surface area contributed by atoms with Crippen molar-refractivity contribution in [2.75, 3.05) is 6.61 Å². The summed E-state index contributed by atoms with van der Waals surface area (Å²) in [6.07, 6.45) is 0. The average molecular weight is 491 g/mol. The number of ether oxygens (including phenoxy) is 2. The molecule has 0 unspecified atom stereocenters. The van der Waals surface area contributed by atoms with Crippen molar-refractivity contribution in [3.05, 3.63) is 88.5 Å². The van der Waals surface area contributed by atoms with E-state index >= 15 is 0 Å². The molecule has 2 N–H and O–H groups in total. The first-order chi connectivity index (χ1) is 16.8. The summed E-state index contributed by atoms with van der Waals surface area (Å²) >= 11 is 0. The lowest BCUT2D eigenvalue weighted by Crippen LogP contribution is -2.20. The van der Waals surface area contributed by atoms with Crippen LogP contribution in [-0.2, 0) is 22.2 Å². The van der Waals surface area contributed by atoms with Gasteiger partial charge in [0, 0.05) is 22.8 Å². The van der Waals surface area contributed by atoms with Gasteiger partial charge in [-0.15, -0.1) is 0 Å². The van der Waals surface area contributed by atoms with Crippen molar-refractivity contribution < 1.29 is 29.3 Å². The van der Waals surface area contributed by atoms with Crippen molar-refractivity contribution in [1.29, 1.82) is 0 Å². The minimum Gasteiger partial charge on any atom is -0.507 e. The molecular formula is C30H34O6. The predicted molar refractivity (Wildman–Crippen MR) is 139 cm³/mol. The number of phenols is 2. The molecule has 6 heteroatoms. The van der Waals surface area contributed by atoms with Crippen molar-refractivity contribution in [2.45, 2.75) is 59.0 Å². The van der Waals surface area contributed by atoms with Gasteiger partial charge in [-0.25, -0.2) is 4.79 Å². The molecule has 3 aromatic carbocycles. The first-order valence-electron chi connectivity index (χ1n) is 11.9. The fourth-order valence-electron chi connectivity index (χ4n) is 3.75. The van der Waals surface area contributed by atoms with Gasteiger partial charge < -0.3 is 19.7 Å². The first kappa shape index (κ1) is 26.8. The number of rotatable bonds is 7. The molecule has 0 amide bonds. The van der Waals surface area contributed by atoms with E-state index in [1.165, 1.54) is 18.2 Å². The van der Waals surface area contributed by atoms with Crippen LogP contribution in [0.25, 0.3) is 0 Å². The Balaban J connectivity index is 1.72. The number of hydrogen-bond acceptors (Lipinski definition) is 6. The van der Waals surface area contributed by atoms with Crippen molar-refractivity contribution in [2.24, 2.45) is 0 Å². The van der Waals surface area contributed by atoms with Gasteiger partial charge >= 0.3 is 5.97 Å². The van der Waals surface area contributed by atoms with E-state index in [1.54, 1.807) is 12.1 Å². The van der Waals surface area contributed by atoms with E-state index < -0.39 is 5.97 Å². The van der Waals surface area contributed by atoms with Crippen LogP contribution in [0.1, 0.15) is 78.9 Å². The second-order valence-corrected chi connectivity index (χ2v) is 10.9. The zero-order valence-electron chi connectivity index (χ0n) is 21.7. The Morgan fingerprint density at radius 1 is 0.806 bits per heavy atom. The maximum Gasteiger partial charge on any atom is 0.342 e. The predicted octanol–water partition coefficient (Wildman–Crippen LogP) is 6.31. The molecule has 36 heavy (non-hydrogen) atoms. The summed E-state index contributed by atoms with van der Waals surface area (Å²) in [6.45, 7) is 11.7. The molecule has 0 spiro atoms. The lowest BCUT2D eigenvalue weighted by Gasteiger charge is -2.28. The van der Waals surface area contributed by atoms with E-state index in [2.05, 4.69) is 0 Å². The lowest BCUT2D eigenvalue weighted by atomic mass is 9.78. The first-order valence-corrected chi connectivity index (χ1v) is 11.9. The third-order valence-corrected chi connectivity index (χ3v) is 5.82. The van der Waals surface area contributed by atoms with E-state index in [4.69, 9.17) is 9.47 Å². The monoisotopic (exact) mass is 490 g/mol. The van der Waals surface area contributed by atoms with Gasteiger partial charge in [-0.1, -0.05) is 71.9 Å². The van der Waals surface area contributed by atoms with Crippen LogP contribution in [0.15, 0.2) is 60.7 Å². The molecule has 0 aliphatic rings. The second-order valence-electron chi connectivity index (χ2n) is 10.9. The summed E-state index contributed by atoms with van der Waals surface area (Å²) in [5, 5.41) is 21.2. The topological polar surface area (TPSA) is 93.1 Å². The quantitative estimate of drug-likeness (QED) is 0.298. The number of phenolic OH excluding ortho intramolecular Hbond substituents is 2. The van der Waals surface area contributed by atoms with Crippen LogP contribution in [0, 0.1) is 0 Å². The molecule has 190 valence electrons. The SMILES string of the molecule is CC(C)(C)c1cc(C(=O)COc2ccc(C(=O)OCc3ccccc3)c(O)c2)cc(C(C)(C)C)c1O. The van der Waals surface area contributed by atoms with Gasteiger partial charge in [0.15, 0.2) is 12.4 Å². The Hall–Kier alpha value is -3.80. The van der Waals surface area contributed by atoms with Gasteiger partial charge in [0.05, 0.1) is 0 Å². The number of hydrogen-bond donors (Lipinski definition) is 2. The number of aromatic hydroxyl groups is 2. The van der Waals surface area contributed by atoms with Gasteiger partial charge in [-0.2, -0.15) is 0 Å². The van der Waals surface area contributed by atoms with E-state index in [0.29, 0.717) is 16.7 Å². The average Bonchev–Trinajstić information content (AvgIpc) is 2.80. The molecule has 0 bridgehead atoms. The van der Waals surface area contributed by atoms with Crippen LogP contribution in [0.3, 0.4) is 0 Å². The number of ketones is 1. The maximum atomic E-state index is 13.0. The highest BCUT2D eigenvalue weighted by Crippen LogP contribution is 2.40. The number of carbonyl (C=O) groups excluding carboxylic acids is 2. The van der Waals surface area contributed by atoms with Gasteiger partial charge in [-0.05, 0) is 40.7 Å². The third-order valence-electron chi connectivity index (χ3n) is 5.82. The number of esters is 1. The van der Waals surface area contributed by atoms with Gasteiger partial charge in [0.2, 0.25) is 0 Å². The van der Waals surface area contributed by atoms with Gasteiger partial charge in [0.25, 0.3) is 0 Å². The van der Waals surface area contributed by atoms with E-state index in [0.717, 1.165) is 5.56 Å². The molecule has 6 nitrogen and oxygen atoms in total. The largest absolute Gasteiger partial charge is 0.507 e. The molecule has 3 rings (SSSR count). The standard InChI is InChI=1S/C30H34O6/c1-29(2,3)23-14-20(15-24(27(23)33)30(4,5)6)26(32)18-35-21-12-13-22(25(31)16-21)28(34)36-17-19-10-8-7-9-11-19/h7-16,31,33H,17-18H2,1-6H3. The number of carbonyl (C=O) groups is 2. The molecular weight excluding hydrogens is 456 g/mol. The van der Waals surface area contributed by atoms with Crippen LogP contribution in [0.5, 0.6) is 17.2 Å². The smallest absolute Gasteiger partial charge is 0.342 e. The highest BCUT2D eigenvalue weighted by molar-refractivity contribution is 5.98. The second kappa shape index (κ2) is 10.4. The molecule has 0 fully saturated rings. The Morgan fingerprint density at radius 2 is 1.39 bits per heavy atom. The summed E-state index contributed by atoms with van der Waals surface area (Å²) in [4.78, 5) is 25.4. The highest BCUT2D eigenvalue weighted by Gasteiger charge is 2.28. The molecule has 0 saturated carbocycles. The summed E-state index contributed by atoms with van der Waals surface area (Å²) in [5.74, 6) is -0.782. The summed E-state index contributed by atoms with van der Waals surface area (Å²) in [5.41, 5.74) is 1.93. The molecule has 0 aliphatic heterocycles. The molecule has 0 saturated heterocycles. The summed E-state index contributed by atoms with van der Waals surface area (Å²) in [7, 11) is 0. The van der Waals surface area contributed by atoms with Crippen molar-refractivity contribution in [1.82, 2.24) is 0 Å². The van der Waals surface area contributed by atoms with Crippen molar-refractivity contribution in [3.8, 4) is 17.2 Å². The van der Waals surface area contributed by atoms with E-state index in [-0.39, 0.29) is 52.6 Å². The lowest BCUT2D eigenvalue weighted by molar-refractivity contribution is 0.0469. The number of benzene rings is 3. The van der Waals surface area contributed by atoms with Crippen LogP contribution in [-0.4, -0.2) is 28.6 Å². The van der Waals surface area contributed by atoms with Gasteiger partial charge in [-0.3, -0.25) is 4.79 Å². The molecule has 0 atom stereocenters. The van der Waals surface area contributed by atoms with Crippen LogP contribution in [0.4, 0.5) is 0 Å². The number of Topliss-reactive ketones (excluding diaryl/α,β-unsaturated/α-hetero) is 1. The van der Waals surface area contributed by atoms with Crippen LogP contribution < -0.4 is 4.74 Å². The zero-order valence-corrected chi connectivity index (χ0v) is 21.7. The highest BCUT2D eigenvalue weighted by atomic mass is 16.5. The Labute approximate surface area is 212 Å². The molecule has 3 aromatic rings. The van der Waals surface area contributed by atoms with E-state index in [9.17, 15) is 19.8 Å². The Morgan fingerprint density at radius 3 is 1.92 bits per heavy atom. The molecule has 0 heterocycles. The maximum absolute atomic E-state index is 13.0. The summed E-state index contributed by atoms with van der Waals surface area (Å²) in [6, 6.07) is 16.8. The van der Waals surface area contributed by atoms with Crippen LogP contribution in [0.2, 0.25) is 0 Å². The molecule has 0 radical (unpaired) electrons. The third kappa shape index (κ3) is 6.45. The molecule has 0 aromatic heterocycles. The Kier molecular flexibility index (Phi) is 7.77. The normalized spacial score (nSPS) is 11.7. The Bertz CT molecular complexity index is 1210. The minimum absolute atomic E-state index is 0.00720. The van der Waals surface area contributed by atoms with E-state index in [1.807, 2.05) is 71.9 Å². The minimum atomic E-state index is -0.660. The molecule has 0 aliphatic carbocycles. The zero-order chi connectivity index (χ0) is 26.7. The fourth-order valence-corrected chi connectivity index (χ4v) is 3.75. The fraction of sp³-hybridized carbons (Fsp3) is 0.333. The van der Waals surface area contributed by atoms with Crippen molar-refractivity contribution >= 4 is 11.8 Å². The van der Waals surface area contributed by atoms with Crippen molar-refractivity contribution in [3.63, 3.8) is 0 Å².